The maximum atomic E-state index is 11.4. The summed E-state index contributed by atoms with van der Waals surface area (Å²) in [6.45, 7) is 5.94. The Balaban J connectivity index is 1.37. The molecule has 3 atom stereocenters. The number of carbonyl (C=O) groups is 2. The molecule has 228 valence electrons. The highest BCUT2D eigenvalue weighted by molar-refractivity contribution is 6.11. The van der Waals surface area contributed by atoms with Crippen LogP contribution in [0.4, 0.5) is 0 Å². The lowest BCUT2D eigenvalue weighted by Gasteiger charge is -2.30. The van der Waals surface area contributed by atoms with Gasteiger partial charge in [-0.2, -0.15) is 0 Å². The first-order chi connectivity index (χ1) is 20.4. The van der Waals surface area contributed by atoms with Gasteiger partial charge in [0.15, 0.2) is 0 Å². The molecule has 42 heavy (non-hydrogen) atoms. The molecule has 1 saturated carbocycles. The molecule has 0 aromatic carbocycles. The number of aromatic carboxylic acids is 2. The summed E-state index contributed by atoms with van der Waals surface area (Å²) in [6.07, 6.45) is 2.94. The van der Waals surface area contributed by atoms with Crippen LogP contribution in [0, 0.1) is 0 Å². The van der Waals surface area contributed by atoms with Gasteiger partial charge in [0.2, 0.25) is 0 Å². The summed E-state index contributed by atoms with van der Waals surface area (Å²) in [6, 6.07) is 10.1. The van der Waals surface area contributed by atoms with Crippen LogP contribution in [0.25, 0.3) is 0 Å². The van der Waals surface area contributed by atoms with E-state index in [0.29, 0.717) is 83.8 Å². The molecular weight excluding hydrogens is 543 g/mol. The summed E-state index contributed by atoms with van der Waals surface area (Å²) in [5.41, 5.74) is 1.44. The Morgan fingerprint density at radius 2 is 1.38 bits per heavy atom. The first kappa shape index (κ1) is 32.0. The monoisotopic (exact) mass is 584 g/mol. The Bertz CT molecular complexity index is 1160. The highest BCUT2D eigenvalue weighted by atomic mass is 16.5. The minimum Gasteiger partial charge on any atom is -0.477 e. The first-order valence-electron chi connectivity index (χ1n) is 14.7. The highest BCUT2D eigenvalue weighted by Gasteiger charge is 2.29. The number of pyridine rings is 2. The van der Waals surface area contributed by atoms with Gasteiger partial charge >= 0.3 is 11.9 Å². The van der Waals surface area contributed by atoms with E-state index in [0.717, 1.165) is 19.3 Å². The van der Waals surface area contributed by atoms with Gasteiger partial charge in [0.05, 0.1) is 63.2 Å². The molecule has 12 nitrogen and oxygen atoms in total. The van der Waals surface area contributed by atoms with Crippen LogP contribution in [0.5, 0.6) is 0 Å². The molecule has 13 heteroatoms. The number of nitrogens with zero attached hydrogens (tertiary/aromatic N) is 4. The van der Waals surface area contributed by atoms with Crippen molar-refractivity contribution in [2.24, 2.45) is 0 Å². The number of fused-ring (bicyclic) bond motifs is 1. The van der Waals surface area contributed by atoms with Crippen LogP contribution in [0.15, 0.2) is 36.4 Å². The molecule has 1 aliphatic carbocycles. The van der Waals surface area contributed by atoms with Crippen molar-refractivity contribution in [3.8, 4) is 0 Å². The highest BCUT2D eigenvalue weighted by Crippen LogP contribution is 2.25. The van der Waals surface area contributed by atoms with Crippen molar-refractivity contribution in [3.05, 3.63) is 59.2 Å². The van der Waals surface area contributed by atoms with Crippen molar-refractivity contribution in [2.45, 2.75) is 44.0 Å². The molecule has 0 amide bonds. The van der Waals surface area contributed by atoms with Crippen molar-refractivity contribution >= 4 is 19.8 Å². The molecule has 0 radical (unpaired) electrons. The number of ether oxygens (including phenoxy) is 4. The van der Waals surface area contributed by atoms with E-state index in [2.05, 4.69) is 19.8 Å². The van der Waals surface area contributed by atoms with E-state index in [-0.39, 0.29) is 29.5 Å². The van der Waals surface area contributed by atoms with Gasteiger partial charge in [-0.1, -0.05) is 12.1 Å². The van der Waals surface area contributed by atoms with E-state index in [1.54, 1.807) is 12.1 Å². The number of aromatic nitrogens is 2. The van der Waals surface area contributed by atoms with Gasteiger partial charge in [-0.25, -0.2) is 19.6 Å². The Hall–Kier alpha value is -2.94. The zero-order valence-electron chi connectivity index (χ0n) is 24.2. The van der Waals surface area contributed by atoms with Gasteiger partial charge in [-0.15, -0.1) is 0 Å². The van der Waals surface area contributed by atoms with Crippen molar-refractivity contribution in [1.82, 2.24) is 19.8 Å². The van der Waals surface area contributed by atoms with Crippen LogP contribution in [0.2, 0.25) is 0 Å². The van der Waals surface area contributed by atoms with Crippen molar-refractivity contribution in [2.75, 3.05) is 65.8 Å². The normalized spacial score (nSPS) is 23.3. The standard InChI is InChI=1S/C29H41BN4O8/c30-27(22-5-2-7-24(32-22)29(37)38)34-12-15-40-19-18-39-14-10-33(20-21-4-1-6-23(31-21)28(35)36)11-16-41-25-8-3-9-26(25)42-17-13-34/h1-2,4-7,25-27H,3,8-20,30H2,(H,35,36)(H,37,38). The van der Waals surface area contributed by atoms with Crippen LogP contribution in [0.3, 0.4) is 0 Å². The molecule has 4 rings (SSSR count). The van der Waals surface area contributed by atoms with Gasteiger partial charge in [0.1, 0.15) is 19.2 Å². The SMILES string of the molecule is BC(c1cccc(C(=O)O)n1)N1CCOCCOCCN(Cc2cccc(C(=O)O)n2)CCOC2CCCC2OCC1. The molecule has 3 unspecified atom stereocenters. The van der Waals surface area contributed by atoms with Gasteiger partial charge < -0.3 is 29.2 Å². The third-order valence-electron chi connectivity index (χ3n) is 7.67. The summed E-state index contributed by atoms with van der Waals surface area (Å²) in [5.74, 6) is -2.21. The molecule has 0 spiro atoms. The second-order valence-corrected chi connectivity index (χ2v) is 10.5. The lowest BCUT2D eigenvalue weighted by Crippen LogP contribution is -2.38. The number of rotatable bonds is 6. The molecule has 2 aliphatic rings. The predicted molar refractivity (Wildman–Crippen MR) is 155 cm³/mol. The minimum atomic E-state index is -1.05. The van der Waals surface area contributed by atoms with E-state index < -0.39 is 11.9 Å². The molecule has 0 bridgehead atoms. The Labute approximate surface area is 247 Å². The van der Waals surface area contributed by atoms with Crippen LogP contribution < -0.4 is 0 Å². The summed E-state index contributed by atoms with van der Waals surface area (Å²) in [7, 11) is 2.02. The largest absolute Gasteiger partial charge is 0.477 e. The van der Waals surface area contributed by atoms with Crippen LogP contribution >= 0.6 is 0 Å². The third-order valence-corrected chi connectivity index (χ3v) is 7.67. The number of hydrogen-bond donors (Lipinski definition) is 2. The summed E-state index contributed by atoms with van der Waals surface area (Å²) < 4.78 is 24.3. The van der Waals surface area contributed by atoms with Crippen molar-refractivity contribution in [3.63, 3.8) is 0 Å². The molecular formula is C29H41BN4O8. The minimum absolute atomic E-state index is 0.0106. The number of carboxylic acids is 2. The van der Waals surface area contributed by atoms with Crippen LogP contribution in [-0.2, 0) is 25.5 Å². The maximum absolute atomic E-state index is 11.4. The Kier molecular flexibility index (Phi) is 12.7. The smallest absolute Gasteiger partial charge is 0.354 e. The molecule has 2 fully saturated rings. The average Bonchev–Trinajstić information content (AvgIpc) is 3.43. The zero-order valence-corrected chi connectivity index (χ0v) is 24.2. The molecule has 2 aromatic heterocycles. The number of carboxylic acid groups (broad SMARTS) is 2. The summed E-state index contributed by atoms with van der Waals surface area (Å²) >= 11 is 0. The van der Waals surface area contributed by atoms with E-state index in [1.807, 2.05) is 20.0 Å². The van der Waals surface area contributed by atoms with Gasteiger partial charge in [-0.3, -0.25) is 9.80 Å². The van der Waals surface area contributed by atoms with Crippen molar-refractivity contribution in [1.29, 1.82) is 0 Å². The molecule has 3 heterocycles. The third kappa shape index (κ3) is 9.82. The molecule has 1 aliphatic heterocycles. The number of hydrogen-bond acceptors (Lipinski definition) is 10. The molecule has 2 N–H and O–H groups in total. The summed E-state index contributed by atoms with van der Waals surface area (Å²) in [5, 5.41) is 18.7. The van der Waals surface area contributed by atoms with E-state index in [9.17, 15) is 19.8 Å². The fourth-order valence-corrected chi connectivity index (χ4v) is 5.30. The van der Waals surface area contributed by atoms with Crippen LogP contribution in [0.1, 0.15) is 57.6 Å². The lowest BCUT2D eigenvalue weighted by atomic mass is 9.90. The average molecular weight is 584 g/mol. The van der Waals surface area contributed by atoms with Gasteiger partial charge in [0, 0.05) is 38.7 Å². The Morgan fingerprint density at radius 3 is 2.07 bits per heavy atom. The summed E-state index contributed by atoms with van der Waals surface area (Å²) in [4.78, 5) is 35.8. The quantitative estimate of drug-likeness (QED) is 0.473. The second-order valence-electron chi connectivity index (χ2n) is 10.5. The predicted octanol–water partition coefficient (Wildman–Crippen LogP) is 1.31. The molecule has 1 saturated heterocycles. The second kappa shape index (κ2) is 16.6. The zero-order chi connectivity index (χ0) is 29.7. The molecule has 2 aromatic rings. The van der Waals surface area contributed by atoms with Gasteiger partial charge in [-0.05, 0) is 43.5 Å². The van der Waals surface area contributed by atoms with E-state index >= 15 is 0 Å². The first-order valence-corrected chi connectivity index (χ1v) is 14.7. The van der Waals surface area contributed by atoms with Crippen molar-refractivity contribution < 1.29 is 38.7 Å². The van der Waals surface area contributed by atoms with Crippen LogP contribution in [-0.4, -0.2) is 128 Å². The van der Waals surface area contributed by atoms with E-state index in [1.165, 1.54) is 12.1 Å². The fraction of sp³-hybridized carbons (Fsp3) is 0.586. The Morgan fingerprint density at radius 1 is 0.810 bits per heavy atom. The fourth-order valence-electron chi connectivity index (χ4n) is 5.30. The topological polar surface area (TPSA) is 144 Å². The lowest BCUT2D eigenvalue weighted by molar-refractivity contribution is -0.0672. The van der Waals surface area contributed by atoms with E-state index in [4.69, 9.17) is 18.9 Å². The maximum Gasteiger partial charge on any atom is 0.354 e. The van der Waals surface area contributed by atoms with Gasteiger partial charge in [0.25, 0.3) is 0 Å².